The fourth-order valence-corrected chi connectivity index (χ4v) is 3.84. The minimum absolute atomic E-state index is 0.0930. The Balaban J connectivity index is 1.71. The molecule has 25 heavy (non-hydrogen) atoms. The van der Waals surface area contributed by atoms with Crippen LogP contribution >= 0.6 is 23.1 Å². The zero-order valence-electron chi connectivity index (χ0n) is 13.8. The number of para-hydroxylation sites is 2. The zero-order chi connectivity index (χ0) is 17.8. The van der Waals surface area contributed by atoms with Crippen LogP contribution < -0.4 is 15.6 Å². The van der Waals surface area contributed by atoms with Gasteiger partial charge in [0.15, 0.2) is 5.16 Å². The lowest BCUT2D eigenvalue weighted by Crippen LogP contribution is -2.20. The molecule has 0 unspecified atom stereocenters. The average Bonchev–Trinajstić information content (AvgIpc) is 3.07. The Hall–Kier alpha value is -2.32. The Labute approximate surface area is 152 Å². The van der Waals surface area contributed by atoms with Gasteiger partial charge >= 0.3 is 0 Å². The van der Waals surface area contributed by atoms with Crippen LogP contribution in [0.4, 0.5) is 5.69 Å². The number of nitrogens with zero attached hydrogens (tertiary/aromatic N) is 2. The molecular formula is C17H17N3O3S2. The highest BCUT2D eigenvalue weighted by Gasteiger charge is 2.13. The van der Waals surface area contributed by atoms with Crippen molar-refractivity contribution in [2.75, 3.05) is 17.7 Å². The molecule has 6 nitrogen and oxygen atoms in total. The van der Waals surface area contributed by atoms with Crippen molar-refractivity contribution >= 4 is 44.9 Å². The molecule has 0 spiro atoms. The van der Waals surface area contributed by atoms with Crippen LogP contribution in [0.5, 0.6) is 5.75 Å². The van der Waals surface area contributed by atoms with E-state index >= 15 is 0 Å². The summed E-state index contributed by atoms with van der Waals surface area (Å²) in [6.45, 7) is 2.41. The molecule has 8 heteroatoms. The van der Waals surface area contributed by atoms with Crippen LogP contribution in [0, 0.1) is 0 Å². The molecule has 1 N–H and O–H groups in total. The third-order valence-electron chi connectivity index (χ3n) is 3.44. The van der Waals surface area contributed by atoms with Gasteiger partial charge in [-0.1, -0.05) is 23.9 Å². The van der Waals surface area contributed by atoms with E-state index < -0.39 is 0 Å². The van der Waals surface area contributed by atoms with E-state index in [2.05, 4.69) is 10.3 Å². The number of carbonyl (C=O) groups excluding carboxylic acids is 1. The highest BCUT2D eigenvalue weighted by molar-refractivity contribution is 7.99. The van der Waals surface area contributed by atoms with Crippen molar-refractivity contribution in [2.24, 2.45) is 7.05 Å². The van der Waals surface area contributed by atoms with Crippen molar-refractivity contribution in [3.63, 3.8) is 0 Å². The molecule has 0 aliphatic carbocycles. The van der Waals surface area contributed by atoms with Crippen LogP contribution in [-0.4, -0.2) is 27.8 Å². The molecule has 2 aromatic heterocycles. The number of rotatable bonds is 6. The van der Waals surface area contributed by atoms with Gasteiger partial charge in [0.05, 0.1) is 23.6 Å². The number of ether oxygens (including phenoxy) is 1. The number of thiophene rings is 1. The van der Waals surface area contributed by atoms with E-state index in [4.69, 9.17) is 4.74 Å². The van der Waals surface area contributed by atoms with Gasteiger partial charge in [0.2, 0.25) is 5.91 Å². The summed E-state index contributed by atoms with van der Waals surface area (Å²) in [5.74, 6) is 0.599. The molecule has 0 saturated heterocycles. The summed E-state index contributed by atoms with van der Waals surface area (Å²) >= 11 is 2.60. The lowest BCUT2D eigenvalue weighted by Gasteiger charge is -2.11. The van der Waals surface area contributed by atoms with Gasteiger partial charge in [-0.15, -0.1) is 11.3 Å². The molecule has 0 bridgehead atoms. The van der Waals surface area contributed by atoms with Crippen molar-refractivity contribution in [3.05, 3.63) is 46.1 Å². The van der Waals surface area contributed by atoms with Gasteiger partial charge in [0, 0.05) is 7.05 Å². The van der Waals surface area contributed by atoms with E-state index in [9.17, 15) is 9.59 Å². The maximum Gasteiger partial charge on any atom is 0.271 e. The molecule has 3 aromatic rings. The molecular weight excluding hydrogens is 358 g/mol. The number of fused-ring (bicyclic) bond motifs is 1. The van der Waals surface area contributed by atoms with Gasteiger partial charge in [-0.05, 0) is 30.5 Å². The second-order valence-electron chi connectivity index (χ2n) is 5.16. The predicted molar refractivity (Wildman–Crippen MR) is 102 cm³/mol. The van der Waals surface area contributed by atoms with Gasteiger partial charge in [-0.2, -0.15) is 0 Å². The maximum atomic E-state index is 12.3. The molecule has 0 aliphatic rings. The Bertz CT molecular complexity index is 965. The third kappa shape index (κ3) is 3.85. The van der Waals surface area contributed by atoms with Crippen LogP contribution in [0.2, 0.25) is 0 Å². The zero-order valence-corrected chi connectivity index (χ0v) is 15.4. The second kappa shape index (κ2) is 7.71. The van der Waals surface area contributed by atoms with Gasteiger partial charge in [0.25, 0.3) is 5.56 Å². The molecule has 0 aliphatic heterocycles. The summed E-state index contributed by atoms with van der Waals surface area (Å²) in [4.78, 5) is 29.0. The number of aromatic nitrogens is 2. The van der Waals surface area contributed by atoms with E-state index in [1.165, 1.54) is 27.7 Å². The molecule has 1 amide bonds. The summed E-state index contributed by atoms with van der Waals surface area (Å²) in [5.41, 5.74) is 1.20. The number of hydrogen-bond donors (Lipinski definition) is 1. The Morgan fingerprint density at radius 3 is 2.96 bits per heavy atom. The van der Waals surface area contributed by atoms with E-state index in [0.29, 0.717) is 33.4 Å². The number of amides is 1. The largest absolute Gasteiger partial charge is 0.492 e. The second-order valence-corrected chi connectivity index (χ2v) is 7.02. The summed E-state index contributed by atoms with van der Waals surface area (Å²) in [6.07, 6.45) is 0. The van der Waals surface area contributed by atoms with Crippen molar-refractivity contribution < 1.29 is 9.53 Å². The smallest absolute Gasteiger partial charge is 0.271 e. The van der Waals surface area contributed by atoms with Crippen LogP contribution in [0.3, 0.4) is 0 Å². The number of hydrogen-bond acceptors (Lipinski definition) is 6. The van der Waals surface area contributed by atoms with Crippen LogP contribution in [0.25, 0.3) is 10.2 Å². The van der Waals surface area contributed by atoms with E-state index in [1.54, 1.807) is 13.1 Å². The topological polar surface area (TPSA) is 73.2 Å². The van der Waals surface area contributed by atoms with Crippen LogP contribution in [0.15, 0.2) is 45.7 Å². The molecule has 3 rings (SSSR count). The Morgan fingerprint density at radius 2 is 2.16 bits per heavy atom. The summed E-state index contributed by atoms with van der Waals surface area (Å²) in [6, 6.07) is 9.09. The van der Waals surface area contributed by atoms with Crippen LogP contribution in [-0.2, 0) is 11.8 Å². The van der Waals surface area contributed by atoms with E-state index in [0.717, 1.165) is 0 Å². The van der Waals surface area contributed by atoms with E-state index in [1.807, 2.05) is 36.6 Å². The lowest BCUT2D eigenvalue weighted by atomic mass is 10.3. The number of carbonyl (C=O) groups is 1. The fourth-order valence-electron chi connectivity index (χ4n) is 2.26. The summed E-state index contributed by atoms with van der Waals surface area (Å²) in [7, 11) is 1.67. The standard InChI is InChI=1S/C17H17N3O3S2/c1-3-23-13-7-5-4-6-11(13)18-14(21)10-25-17-19-12-8-9-24-15(12)16(22)20(17)2/h4-9H,3,10H2,1-2H3,(H,18,21). The first-order valence-electron chi connectivity index (χ1n) is 7.69. The lowest BCUT2D eigenvalue weighted by molar-refractivity contribution is -0.113. The van der Waals surface area contributed by atoms with Gasteiger partial charge < -0.3 is 10.1 Å². The summed E-state index contributed by atoms with van der Waals surface area (Å²) < 4.78 is 7.60. The average molecular weight is 375 g/mol. The van der Waals surface area contributed by atoms with Gasteiger partial charge in [-0.3, -0.25) is 14.2 Å². The number of nitrogens with one attached hydrogen (secondary N) is 1. The SMILES string of the molecule is CCOc1ccccc1NC(=O)CSc1nc2ccsc2c(=O)n1C. The number of thioether (sulfide) groups is 1. The van der Waals surface area contributed by atoms with Crippen molar-refractivity contribution in [1.29, 1.82) is 0 Å². The first-order valence-corrected chi connectivity index (χ1v) is 9.55. The molecule has 0 saturated carbocycles. The molecule has 0 atom stereocenters. The third-order valence-corrected chi connectivity index (χ3v) is 5.36. The maximum absolute atomic E-state index is 12.3. The minimum atomic E-state index is -0.184. The molecule has 2 heterocycles. The molecule has 0 radical (unpaired) electrons. The first kappa shape index (κ1) is 17.5. The predicted octanol–water partition coefficient (Wildman–Crippen LogP) is 3.12. The van der Waals surface area contributed by atoms with Crippen molar-refractivity contribution in [3.8, 4) is 5.75 Å². The fraction of sp³-hybridized carbons (Fsp3) is 0.235. The normalized spacial score (nSPS) is 10.8. The van der Waals surface area contributed by atoms with Gasteiger partial charge in [0.1, 0.15) is 10.4 Å². The first-order chi connectivity index (χ1) is 12.1. The summed E-state index contributed by atoms with van der Waals surface area (Å²) in [5, 5.41) is 5.19. The van der Waals surface area contributed by atoms with Gasteiger partial charge in [-0.25, -0.2) is 4.98 Å². The number of anilines is 1. The Kier molecular flexibility index (Phi) is 5.40. The molecule has 1 aromatic carbocycles. The van der Waals surface area contributed by atoms with E-state index in [-0.39, 0.29) is 17.2 Å². The van der Waals surface area contributed by atoms with Crippen molar-refractivity contribution in [1.82, 2.24) is 9.55 Å². The highest BCUT2D eigenvalue weighted by Crippen LogP contribution is 2.25. The van der Waals surface area contributed by atoms with Crippen molar-refractivity contribution in [2.45, 2.75) is 12.1 Å². The molecule has 130 valence electrons. The monoisotopic (exact) mass is 375 g/mol. The van der Waals surface area contributed by atoms with Crippen LogP contribution in [0.1, 0.15) is 6.92 Å². The quantitative estimate of drug-likeness (QED) is 0.529. The Morgan fingerprint density at radius 1 is 1.36 bits per heavy atom. The minimum Gasteiger partial charge on any atom is -0.492 e. The highest BCUT2D eigenvalue weighted by atomic mass is 32.2. The number of benzene rings is 1. The molecule has 0 fully saturated rings.